The number of hydrogen-bond donors (Lipinski definition) is 0. The van der Waals surface area contributed by atoms with Crippen LogP contribution in [0.3, 0.4) is 0 Å². The zero-order valence-corrected chi connectivity index (χ0v) is 14.4. The Hall–Kier alpha value is -3.52. The summed E-state index contributed by atoms with van der Waals surface area (Å²) in [5.74, 6) is 3.46. The normalized spacial score (nSPS) is 11.0. The van der Waals surface area contributed by atoms with E-state index in [0.29, 0.717) is 33.6 Å². The van der Waals surface area contributed by atoms with E-state index in [1.165, 1.54) is 6.07 Å². The van der Waals surface area contributed by atoms with Crippen LogP contribution in [0.2, 0.25) is 0 Å². The van der Waals surface area contributed by atoms with Crippen molar-refractivity contribution in [2.45, 2.75) is 0 Å². The zero-order chi connectivity index (χ0) is 18.3. The lowest BCUT2D eigenvalue weighted by Gasteiger charge is -2.14. The van der Waals surface area contributed by atoms with Crippen LogP contribution >= 0.6 is 0 Å². The lowest BCUT2D eigenvalue weighted by molar-refractivity contribution is 0.371. The van der Waals surface area contributed by atoms with Gasteiger partial charge in [-0.3, -0.25) is 4.79 Å². The quantitative estimate of drug-likeness (QED) is 0.323. The van der Waals surface area contributed by atoms with Crippen molar-refractivity contribution in [3.8, 4) is 29.5 Å². The average molecular weight is 344 g/mol. The third-order valence-corrected chi connectivity index (χ3v) is 4.24. The molecule has 1 heterocycles. The first-order valence-electron chi connectivity index (χ1n) is 8.12. The predicted molar refractivity (Wildman–Crippen MR) is 103 cm³/mol. The van der Waals surface area contributed by atoms with Gasteiger partial charge in [0.1, 0.15) is 23.6 Å². The van der Waals surface area contributed by atoms with Crippen LogP contribution in [-0.2, 0) is 0 Å². The van der Waals surface area contributed by atoms with Gasteiger partial charge < -0.3 is 14.1 Å². The Labute approximate surface area is 150 Å². The molecule has 0 saturated heterocycles. The van der Waals surface area contributed by atoms with Crippen LogP contribution in [0.1, 0.15) is 0 Å². The first-order chi connectivity index (χ1) is 12.6. The number of ether oxygens (including phenoxy) is 1. The molecule has 0 aromatic heterocycles. The van der Waals surface area contributed by atoms with E-state index < -0.39 is 0 Å². The summed E-state index contributed by atoms with van der Waals surface area (Å²) in [6, 6.07) is 12.5. The number of rotatable bonds is 3. The highest BCUT2D eigenvalue weighted by Gasteiger charge is 2.16. The van der Waals surface area contributed by atoms with Crippen LogP contribution in [-0.4, -0.2) is 25.7 Å². The number of benzene rings is 3. The van der Waals surface area contributed by atoms with E-state index in [4.69, 9.17) is 20.6 Å². The Morgan fingerprint density at radius 3 is 2.77 bits per heavy atom. The van der Waals surface area contributed by atoms with Gasteiger partial charge in [-0.25, -0.2) is 4.98 Å². The van der Waals surface area contributed by atoms with Crippen molar-refractivity contribution in [2.75, 3.05) is 25.6 Å². The molecule has 0 unspecified atom stereocenters. The molecule has 5 heteroatoms. The maximum absolute atomic E-state index is 12.5. The third kappa shape index (κ3) is 2.62. The van der Waals surface area contributed by atoms with Crippen molar-refractivity contribution in [1.29, 1.82) is 0 Å². The van der Waals surface area contributed by atoms with Crippen LogP contribution in [0, 0.1) is 12.3 Å². The van der Waals surface area contributed by atoms with Gasteiger partial charge in [0.15, 0.2) is 16.8 Å². The van der Waals surface area contributed by atoms with E-state index in [0.717, 1.165) is 11.2 Å². The molecule has 0 radical (unpaired) electrons. The van der Waals surface area contributed by atoms with Gasteiger partial charge in [0.2, 0.25) is 0 Å². The second-order valence-corrected chi connectivity index (χ2v) is 6.18. The Bertz CT molecular complexity index is 1200. The summed E-state index contributed by atoms with van der Waals surface area (Å²) in [6.07, 6.45) is 5.24. The zero-order valence-electron chi connectivity index (χ0n) is 14.4. The smallest absolute Gasteiger partial charge is 0.190 e. The SMILES string of the molecule is C#CCOc1ccc2c(=O)cc3oc4cc(N(C)C)ccc4nc-3c2c1. The van der Waals surface area contributed by atoms with Crippen molar-refractivity contribution in [3.05, 3.63) is 52.7 Å². The van der Waals surface area contributed by atoms with Crippen LogP contribution < -0.4 is 15.1 Å². The maximum Gasteiger partial charge on any atom is 0.190 e. The molecule has 26 heavy (non-hydrogen) atoms. The molecule has 5 nitrogen and oxygen atoms in total. The van der Waals surface area contributed by atoms with E-state index in [9.17, 15) is 4.79 Å². The topological polar surface area (TPSA) is 55.6 Å². The molecule has 0 atom stereocenters. The number of terminal acetylenes is 1. The molecule has 0 bridgehead atoms. The number of fused-ring (bicyclic) bond motifs is 4. The van der Waals surface area contributed by atoms with E-state index in [1.807, 2.05) is 37.2 Å². The van der Waals surface area contributed by atoms with Crippen LogP contribution in [0.5, 0.6) is 5.75 Å². The molecule has 2 aromatic rings. The lowest BCUT2D eigenvalue weighted by Crippen LogP contribution is -2.08. The molecular weight excluding hydrogens is 328 g/mol. The summed E-state index contributed by atoms with van der Waals surface area (Å²) in [5, 5.41) is 1.25. The number of anilines is 1. The molecule has 4 rings (SSSR count). The number of aromatic nitrogens is 1. The molecular formula is C21H16N2O3. The highest BCUT2D eigenvalue weighted by molar-refractivity contribution is 5.97. The van der Waals surface area contributed by atoms with Gasteiger partial charge in [-0.2, -0.15) is 0 Å². The van der Waals surface area contributed by atoms with Gasteiger partial charge in [-0.05, 0) is 30.3 Å². The molecule has 2 aromatic carbocycles. The molecule has 0 fully saturated rings. The molecule has 0 amide bonds. The first kappa shape index (κ1) is 16.0. The molecule has 0 saturated carbocycles. The van der Waals surface area contributed by atoms with E-state index in [2.05, 4.69) is 5.92 Å². The maximum atomic E-state index is 12.5. The van der Waals surface area contributed by atoms with Crippen molar-refractivity contribution in [3.63, 3.8) is 0 Å². The Morgan fingerprint density at radius 1 is 1.15 bits per heavy atom. The first-order valence-corrected chi connectivity index (χ1v) is 8.12. The Kier molecular flexibility index (Phi) is 3.74. The minimum absolute atomic E-state index is 0.121. The fraction of sp³-hybridized carbons (Fsp3) is 0.143. The highest BCUT2D eigenvalue weighted by atomic mass is 16.5. The summed E-state index contributed by atoms with van der Waals surface area (Å²) in [4.78, 5) is 19.2. The van der Waals surface area contributed by atoms with Gasteiger partial charge in [0, 0.05) is 42.7 Å². The minimum Gasteiger partial charge on any atom is -0.481 e. The predicted octanol–water partition coefficient (Wildman–Crippen LogP) is 3.52. The van der Waals surface area contributed by atoms with Crippen molar-refractivity contribution >= 4 is 27.6 Å². The van der Waals surface area contributed by atoms with Gasteiger partial charge >= 0.3 is 0 Å². The second-order valence-electron chi connectivity index (χ2n) is 6.18. The lowest BCUT2D eigenvalue weighted by atomic mass is 10.0. The summed E-state index contributed by atoms with van der Waals surface area (Å²) in [6.45, 7) is 0.161. The van der Waals surface area contributed by atoms with Crippen molar-refractivity contribution in [1.82, 2.24) is 4.98 Å². The average Bonchev–Trinajstić information content (AvgIpc) is 2.64. The summed E-state index contributed by atoms with van der Waals surface area (Å²) in [5.41, 5.74) is 2.84. The van der Waals surface area contributed by atoms with Gasteiger partial charge in [0.25, 0.3) is 0 Å². The van der Waals surface area contributed by atoms with Gasteiger partial charge in [0.05, 0.1) is 0 Å². The van der Waals surface area contributed by atoms with E-state index in [1.54, 1.807) is 18.2 Å². The second kappa shape index (κ2) is 6.08. The summed E-state index contributed by atoms with van der Waals surface area (Å²) >= 11 is 0. The molecule has 1 aliphatic heterocycles. The summed E-state index contributed by atoms with van der Waals surface area (Å²) < 4.78 is 11.5. The minimum atomic E-state index is -0.121. The fourth-order valence-electron chi connectivity index (χ4n) is 2.93. The Morgan fingerprint density at radius 2 is 2.00 bits per heavy atom. The number of nitrogens with zero attached hydrogens (tertiary/aromatic N) is 2. The molecule has 128 valence electrons. The molecule has 2 aliphatic rings. The number of hydrogen-bond acceptors (Lipinski definition) is 5. The van der Waals surface area contributed by atoms with Crippen molar-refractivity contribution < 1.29 is 9.15 Å². The Balaban J connectivity index is 2.01. The van der Waals surface area contributed by atoms with E-state index in [-0.39, 0.29) is 12.0 Å². The van der Waals surface area contributed by atoms with Gasteiger partial charge in [-0.15, -0.1) is 6.42 Å². The largest absolute Gasteiger partial charge is 0.481 e. The van der Waals surface area contributed by atoms with Crippen LogP contribution in [0.4, 0.5) is 5.69 Å². The van der Waals surface area contributed by atoms with E-state index >= 15 is 0 Å². The fourth-order valence-corrected chi connectivity index (χ4v) is 2.93. The summed E-state index contributed by atoms with van der Waals surface area (Å²) in [7, 11) is 3.91. The van der Waals surface area contributed by atoms with Crippen LogP contribution in [0.15, 0.2) is 51.7 Å². The molecule has 0 N–H and O–H groups in total. The standard InChI is InChI=1S/C21H16N2O3/c1-4-9-25-14-6-7-15-16(11-14)21-20(12-18(15)24)26-19-10-13(23(2)3)5-8-17(19)22-21/h1,5-8,10-12H,9H2,2-3H3. The van der Waals surface area contributed by atoms with Gasteiger partial charge in [-0.1, -0.05) is 5.92 Å². The molecule has 0 spiro atoms. The van der Waals surface area contributed by atoms with Crippen molar-refractivity contribution in [2.24, 2.45) is 0 Å². The van der Waals surface area contributed by atoms with Crippen LogP contribution in [0.25, 0.3) is 33.3 Å². The monoisotopic (exact) mass is 344 g/mol. The molecule has 1 aliphatic carbocycles. The highest BCUT2D eigenvalue weighted by Crippen LogP contribution is 2.33. The third-order valence-electron chi connectivity index (χ3n) is 4.24.